The SMILES string of the molecule is CC(C)Cc1c(C2CCCCC2)cc[s+]1N(C)C. The molecule has 1 aliphatic rings. The normalized spacial score (nSPS) is 18.9. The largest absolute Gasteiger partial charge is 0.175 e. The van der Waals surface area contributed by atoms with Crippen LogP contribution in [0.15, 0.2) is 11.4 Å². The second kappa shape index (κ2) is 6.21. The average Bonchev–Trinajstić information content (AvgIpc) is 2.73. The van der Waals surface area contributed by atoms with Gasteiger partial charge in [-0.2, -0.15) is 0 Å². The van der Waals surface area contributed by atoms with Crippen LogP contribution in [0, 0.1) is 5.92 Å². The maximum atomic E-state index is 2.46. The third-order valence-corrected chi connectivity index (χ3v) is 6.07. The van der Waals surface area contributed by atoms with E-state index < -0.39 is 0 Å². The lowest BCUT2D eigenvalue weighted by molar-refractivity contribution is 0.441. The zero-order valence-corrected chi connectivity index (χ0v) is 13.2. The van der Waals surface area contributed by atoms with E-state index >= 15 is 0 Å². The molecule has 0 amide bonds. The summed E-state index contributed by atoms with van der Waals surface area (Å²) in [6.45, 7) is 4.70. The molecule has 1 atom stereocenters. The number of hydrogen-bond donors (Lipinski definition) is 0. The molecule has 18 heavy (non-hydrogen) atoms. The van der Waals surface area contributed by atoms with Crippen molar-refractivity contribution < 1.29 is 0 Å². The molecule has 1 unspecified atom stereocenters. The highest BCUT2D eigenvalue weighted by Crippen LogP contribution is 2.41. The molecule has 0 radical (unpaired) electrons. The fraction of sp³-hybridized carbons (Fsp3) is 0.750. The van der Waals surface area contributed by atoms with Crippen molar-refractivity contribution in [2.75, 3.05) is 18.4 Å². The monoisotopic (exact) mass is 266 g/mol. The summed E-state index contributed by atoms with van der Waals surface area (Å²) < 4.78 is 2.39. The van der Waals surface area contributed by atoms with Crippen LogP contribution >= 0.6 is 10.7 Å². The van der Waals surface area contributed by atoms with Crippen LogP contribution < -0.4 is 4.31 Å². The lowest BCUT2D eigenvalue weighted by atomic mass is 9.83. The van der Waals surface area contributed by atoms with Crippen molar-refractivity contribution in [2.45, 2.75) is 58.3 Å². The van der Waals surface area contributed by atoms with Gasteiger partial charge in [-0.25, -0.2) is 0 Å². The summed E-state index contributed by atoms with van der Waals surface area (Å²) in [5, 5.41) is 2.45. The first-order chi connectivity index (χ1) is 8.59. The van der Waals surface area contributed by atoms with Crippen LogP contribution in [0.2, 0.25) is 0 Å². The van der Waals surface area contributed by atoms with Gasteiger partial charge in [-0.1, -0.05) is 33.1 Å². The molecule has 1 aromatic rings. The molecular weight excluding hydrogens is 238 g/mol. The second-order valence-corrected chi connectivity index (χ2v) is 8.37. The van der Waals surface area contributed by atoms with Gasteiger partial charge in [-0.05, 0) is 24.7 Å². The van der Waals surface area contributed by atoms with E-state index in [1.807, 2.05) is 0 Å². The van der Waals surface area contributed by atoms with Crippen molar-refractivity contribution in [2.24, 2.45) is 5.92 Å². The predicted octanol–water partition coefficient (Wildman–Crippen LogP) is 4.88. The molecule has 0 N–H and O–H groups in total. The molecule has 0 bridgehead atoms. The van der Waals surface area contributed by atoms with Crippen LogP contribution in [0.3, 0.4) is 0 Å². The minimum Gasteiger partial charge on any atom is -0.112 e. The molecule has 102 valence electrons. The summed E-state index contributed by atoms with van der Waals surface area (Å²) in [7, 11) is 4.70. The summed E-state index contributed by atoms with van der Waals surface area (Å²) >= 11 is 0. The molecule has 1 aliphatic carbocycles. The van der Waals surface area contributed by atoms with E-state index in [9.17, 15) is 0 Å². The van der Waals surface area contributed by atoms with Gasteiger partial charge in [-0.3, -0.25) is 0 Å². The molecule has 1 fully saturated rings. The van der Waals surface area contributed by atoms with Gasteiger partial charge in [0.15, 0.2) is 10.3 Å². The highest BCUT2D eigenvalue weighted by molar-refractivity contribution is 7.32. The first-order valence-corrected chi connectivity index (χ1v) is 8.66. The van der Waals surface area contributed by atoms with E-state index in [0.29, 0.717) is 0 Å². The molecule has 1 heterocycles. The van der Waals surface area contributed by atoms with Gasteiger partial charge in [-0.15, -0.1) is 4.31 Å². The van der Waals surface area contributed by atoms with Gasteiger partial charge in [0.25, 0.3) is 0 Å². The van der Waals surface area contributed by atoms with Crippen LogP contribution in [0.4, 0.5) is 0 Å². The molecule has 0 aromatic carbocycles. The molecule has 1 aromatic heterocycles. The van der Waals surface area contributed by atoms with Crippen LogP contribution in [0.25, 0.3) is 0 Å². The lowest BCUT2D eigenvalue weighted by Crippen LogP contribution is -2.11. The Labute approximate surface area is 115 Å². The van der Waals surface area contributed by atoms with E-state index in [0.717, 1.165) is 11.8 Å². The molecule has 2 heteroatoms. The first-order valence-electron chi connectivity index (χ1n) is 7.41. The molecular formula is C16H28NS+. The smallest absolute Gasteiger partial charge is 0.112 e. The third kappa shape index (κ3) is 3.16. The Morgan fingerprint density at radius 2 is 1.89 bits per heavy atom. The Balaban J connectivity index is 2.27. The average molecular weight is 266 g/mol. The minimum absolute atomic E-state index is 0.263. The predicted molar refractivity (Wildman–Crippen MR) is 83.4 cm³/mol. The fourth-order valence-corrected chi connectivity index (χ4v) is 5.23. The highest BCUT2D eigenvalue weighted by Gasteiger charge is 2.28. The number of rotatable bonds is 4. The lowest BCUT2D eigenvalue weighted by Gasteiger charge is -2.21. The molecule has 0 saturated heterocycles. The summed E-state index contributed by atoms with van der Waals surface area (Å²) in [5.41, 5.74) is 1.71. The van der Waals surface area contributed by atoms with Gasteiger partial charge >= 0.3 is 0 Å². The Hall–Kier alpha value is -0.340. The van der Waals surface area contributed by atoms with Crippen molar-refractivity contribution in [1.82, 2.24) is 0 Å². The third-order valence-electron chi connectivity index (χ3n) is 3.98. The van der Waals surface area contributed by atoms with E-state index in [1.54, 1.807) is 10.4 Å². The topological polar surface area (TPSA) is 3.24 Å². The van der Waals surface area contributed by atoms with Crippen LogP contribution in [-0.2, 0) is 6.42 Å². The quantitative estimate of drug-likeness (QED) is 0.702. The maximum Gasteiger partial charge on any atom is 0.175 e. The molecule has 2 rings (SSSR count). The van der Waals surface area contributed by atoms with Crippen LogP contribution in [0.1, 0.15) is 62.3 Å². The van der Waals surface area contributed by atoms with E-state index in [4.69, 9.17) is 0 Å². The zero-order valence-electron chi connectivity index (χ0n) is 12.4. The van der Waals surface area contributed by atoms with Gasteiger partial charge in [0.2, 0.25) is 0 Å². The van der Waals surface area contributed by atoms with Crippen molar-refractivity contribution in [3.05, 3.63) is 21.9 Å². The number of hydrogen-bond acceptors (Lipinski definition) is 1. The summed E-state index contributed by atoms with van der Waals surface area (Å²) in [6, 6.07) is 2.46. The maximum absolute atomic E-state index is 2.46. The van der Waals surface area contributed by atoms with Crippen LogP contribution in [-0.4, -0.2) is 14.1 Å². The van der Waals surface area contributed by atoms with Gasteiger partial charge in [0, 0.05) is 32.1 Å². The molecule has 0 aliphatic heterocycles. The standard InChI is InChI=1S/C16H28NS/c1-13(2)12-16-15(10-11-18(16)17(3)4)14-8-6-5-7-9-14/h10-11,13-14H,5-9,12H2,1-4H3/q+1. The second-order valence-electron chi connectivity index (χ2n) is 6.24. The summed E-state index contributed by atoms with van der Waals surface area (Å²) in [6.07, 6.45) is 8.45. The Kier molecular flexibility index (Phi) is 4.85. The molecule has 1 saturated carbocycles. The van der Waals surface area contributed by atoms with E-state index in [2.05, 4.69) is 43.7 Å². The first kappa shape index (κ1) is 14.1. The van der Waals surface area contributed by atoms with Crippen molar-refractivity contribution in [3.63, 3.8) is 0 Å². The Morgan fingerprint density at radius 1 is 1.22 bits per heavy atom. The van der Waals surface area contributed by atoms with Gasteiger partial charge in [0.05, 0.1) is 10.7 Å². The Morgan fingerprint density at radius 3 is 2.44 bits per heavy atom. The highest BCUT2D eigenvalue weighted by atomic mass is 32.2. The number of thiophene rings is 1. The zero-order chi connectivity index (χ0) is 13.1. The fourth-order valence-electron chi connectivity index (χ4n) is 3.13. The summed E-state index contributed by atoms with van der Waals surface area (Å²) in [5.74, 6) is 1.63. The Bertz CT molecular complexity index is 372. The van der Waals surface area contributed by atoms with Gasteiger partial charge < -0.3 is 0 Å². The van der Waals surface area contributed by atoms with Crippen LogP contribution in [0.5, 0.6) is 0 Å². The summed E-state index contributed by atoms with van der Waals surface area (Å²) in [4.78, 5) is 1.74. The molecule has 0 spiro atoms. The van der Waals surface area contributed by atoms with Crippen molar-refractivity contribution in [3.8, 4) is 0 Å². The van der Waals surface area contributed by atoms with E-state index in [1.165, 1.54) is 38.5 Å². The molecule has 1 nitrogen and oxygen atoms in total. The van der Waals surface area contributed by atoms with E-state index in [-0.39, 0.29) is 10.7 Å². The van der Waals surface area contributed by atoms with Crippen molar-refractivity contribution in [1.29, 1.82) is 0 Å². The van der Waals surface area contributed by atoms with Gasteiger partial charge in [0.1, 0.15) is 0 Å². The van der Waals surface area contributed by atoms with Crippen molar-refractivity contribution >= 4 is 10.7 Å². The number of nitrogens with zero attached hydrogens (tertiary/aromatic N) is 1. The minimum atomic E-state index is 0.263.